The number of benzene rings is 1. The van der Waals surface area contributed by atoms with Gasteiger partial charge in [-0.25, -0.2) is 0 Å². The molecule has 1 saturated heterocycles. The van der Waals surface area contributed by atoms with E-state index in [1.165, 1.54) is 0 Å². The molecule has 86 valence electrons. The average molecular weight is 218 g/mol. The molecule has 2 atom stereocenters. The Hall–Kier alpha value is -0.795. The van der Waals surface area contributed by atoms with Gasteiger partial charge in [-0.2, -0.15) is 0 Å². The second-order valence-corrected chi connectivity index (χ2v) is 5.09. The van der Waals surface area contributed by atoms with Crippen molar-refractivity contribution in [3.8, 4) is 0 Å². The molecule has 2 rings (SSSR count). The zero-order valence-corrected chi connectivity index (χ0v) is 10.4. The van der Waals surface area contributed by atoms with E-state index in [1.54, 1.807) is 0 Å². The van der Waals surface area contributed by atoms with Crippen molar-refractivity contribution in [2.24, 2.45) is 5.92 Å². The molecule has 1 aliphatic heterocycles. The lowest BCUT2D eigenvalue weighted by Crippen LogP contribution is -2.56. The molecule has 1 aromatic rings. The maximum atomic E-state index is 6.02. The molecule has 3 heteroatoms. The van der Waals surface area contributed by atoms with Crippen LogP contribution in [0.25, 0.3) is 0 Å². The average Bonchev–Trinajstić information content (AvgIpc) is 2.26. The van der Waals surface area contributed by atoms with E-state index < -0.39 is 0 Å². The Labute approximate surface area is 98.1 Å². The molecule has 0 aliphatic carbocycles. The highest BCUT2D eigenvalue weighted by atomic mass is 16.6. The third kappa shape index (κ3) is 2.16. The van der Waals surface area contributed by atoms with Crippen molar-refractivity contribution in [1.82, 2.24) is 0 Å². The SMILES string of the molecule is C[C@H]1OB(c2ccccc2)OC(C)(C)[C@H]1C. The minimum absolute atomic E-state index is 0.141. The first kappa shape index (κ1) is 11.7. The van der Waals surface area contributed by atoms with Crippen LogP contribution in [0.1, 0.15) is 27.7 Å². The fourth-order valence-corrected chi connectivity index (χ4v) is 2.05. The molecule has 1 aliphatic rings. The van der Waals surface area contributed by atoms with Crippen LogP contribution in [0.15, 0.2) is 30.3 Å². The van der Waals surface area contributed by atoms with Gasteiger partial charge in [0.25, 0.3) is 0 Å². The molecule has 16 heavy (non-hydrogen) atoms. The van der Waals surface area contributed by atoms with Gasteiger partial charge in [0.1, 0.15) is 0 Å². The fourth-order valence-electron chi connectivity index (χ4n) is 2.05. The maximum absolute atomic E-state index is 6.02. The van der Waals surface area contributed by atoms with Gasteiger partial charge in [-0.05, 0) is 26.2 Å². The van der Waals surface area contributed by atoms with Crippen LogP contribution in [0.3, 0.4) is 0 Å². The van der Waals surface area contributed by atoms with Crippen LogP contribution in [0.5, 0.6) is 0 Å². The summed E-state index contributed by atoms with van der Waals surface area (Å²) >= 11 is 0. The van der Waals surface area contributed by atoms with Gasteiger partial charge in [0.05, 0.1) is 5.60 Å². The van der Waals surface area contributed by atoms with E-state index in [-0.39, 0.29) is 18.8 Å². The Kier molecular flexibility index (Phi) is 3.09. The van der Waals surface area contributed by atoms with Crippen molar-refractivity contribution >= 4 is 12.6 Å². The first-order chi connectivity index (χ1) is 7.50. The highest BCUT2D eigenvalue weighted by Crippen LogP contribution is 2.31. The van der Waals surface area contributed by atoms with Crippen molar-refractivity contribution in [2.45, 2.75) is 39.4 Å². The second kappa shape index (κ2) is 4.23. The van der Waals surface area contributed by atoms with Crippen molar-refractivity contribution in [2.75, 3.05) is 0 Å². The molecule has 0 N–H and O–H groups in total. The second-order valence-electron chi connectivity index (χ2n) is 5.09. The molecule has 0 saturated carbocycles. The first-order valence-corrected chi connectivity index (χ1v) is 5.89. The Bertz CT molecular complexity index is 350. The summed E-state index contributed by atoms with van der Waals surface area (Å²) in [5.74, 6) is 0.396. The smallest absolute Gasteiger partial charge is 0.404 e. The zero-order valence-electron chi connectivity index (χ0n) is 10.4. The van der Waals surface area contributed by atoms with E-state index >= 15 is 0 Å². The fraction of sp³-hybridized carbons (Fsp3) is 0.538. The van der Waals surface area contributed by atoms with Crippen molar-refractivity contribution in [1.29, 1.82) is 0 Å². The molecule has 0 unspecified atom stereocenters. The Balaban J connectivity index is 2.20. The monoisotopic (exact) mass is 218 g/mol. The Morgan fingerprint density at radius 1 is 1.12 bits per heavy atom. The lowest BCUT2D eigenvalue weighted by Gasteiger charge is -2.44. The third-order valence-electron chi connectivity index (χ3n) is 3.62. The summed E-state index contributed by atoms with van der Waals surface area (Å²) in [6.07, 6.45) is 0.217. The highest BCUT2D eigenvalue weighted by Gasteiger charge is 2.43. The number of rotatable bonds is 1. The van der Waals surface area contributed by atoms with Gasteiger partial charge in [0, 0.05) is 12.0 Å². The van der Waals surface area contributed by atoms with E-state index in [0.717, 1.165) is 5.46 Å². The van der Waals surface area contributed by atoms with E-state index in [9.17, 15) is 0 Å². The quantitative estimate of drug-likeness (QED) is 0.673. The van der Waals surface area contributed by atoms with Gasteiger partial charge in [0.2, 0.25) is 0 Å². The predicted molar refractivity (Wildman–Crippen MR) is 66.7 cm³/mol. The van der Waals surface area contributed by atoms with Crippen molar-refractivity contribution in [3.05, 3.63) is 30.3 Å². The van der Waals surface area contributed by atoms with Crippen molar-refractivity contribution < 1.29 is 9.31 Å². The topological polar surface area (TPSA) is 18.5 Å². The summed E-state index contributed by atoms with van der Waals surface area (Å²) < 4.78 is 11.9. The summed E-state index contributed by atoms with van der Waals surface area (Å²) in [4.78, 5) is 0. The summed E-state index contributed by atoms with van der Waals surface area (Å²) in [6, 6.07) is 10.1. The molecular weight excluding hydrogens is 199 g/mol. The van der Waals surface area contributed by atoms with E-state index in [0.29, 0.717) is 5.92 Å². The van der Waals surface area contributed by atoms with Crippen LogP contribution in [0, 0.1) is 5.92 Å². The van der Waals surface area contributed by atoms with Gasteiger partial charge in [-0.15, -0.1) is 0 Å². The minimum atomic E-state index is -0.234. The van der Waals surface area contributed by atoms with Gasteiger partial charge in [0.15, 0.2) is 0 Å². The zero-order chi connectivity index (χ0) is 11.8. The van der Waals surface area contributed by atoms with Gasteiger partial charge >= 0.3 is 7.12 Å². The van der Waals surface area contributed by atoms with Gasteiger partial charge in [-0.1, -0.05) is 37.3 Å². The lowest BCUT2D eigenvalue weighted by molar-refractivity contribution is -0.0724. The lowest BCUT2D eigenvalue weighted by atomic mass is 9.72. The van der Waals surface area contributed by atoms with Crippen LogP contribution in [-0.4, -0.2) is 18.8 Å². The van der Waals surface area contributed by atoms with Gasteiger partial charge in [-0.3, -0.25) is 0 Å². The summed E-state index contributed by atoms with van der Waals surface area (Å²) in [7, 11) is -0.234. The first-order valence-electron chi connectivity index (χ1n) is 5.89. The Morgan fingerprint density at radius 2 is 1.75 bits per heavy atom. The summed E-state index contributed by atoms with van der Waals surface area (Å²) in [5.41, 5.74) is 0.951. The van der Waals surface area contributed by atoms with Crippen LogP contribution in [-0.2, 0) is 9.31 Å². The molecule has 0 radical (unpaired) electrons. The molecule has 0 aromatic heterocycles. The largest absolute Gasteiger partial charge is 0.494 e. The molecule has 1 aromatic carbocycles. The van der Waals surface area contributed by atoms with Crippen molar-refractivity contribution in [3.63, 3.8) is 0 Å². The maximum Gasteiger partial charge on any atom is 0.494 e. The van der Waals surface area contributed by atoms with Crippen LogP contribution < -0.4 is 5.46 Å². The molecule has 0 spiro atoms. The molecule has 1 heterocycles. The highest BCUT2D eigenvalue weighted by molar-refractivity contribution is 6.61. The van der Waals surface area contributed by atoms with Crippen LogP contribution >= 0.6 is 0 Å². The molecule has 1 fully saturated rings. The standard InChI is InChI=1S/C13H19BO2/c1-10-11(2)15-14(16-13(10,3)4)12-8-6-5-7-9-12/h5-11H,1-4H3/t10-,11+/m0/s1. The van der Waals surface area contributed by atoms with E-state index in [4.69, 9.17) is 9.31 Å². The number of hydrogen-bond acceptors (Lipinski definition) is 2. The molecule has 2 nitrogen and oxygen atoms in total. The molecule has 0 bridgehead atoms. The predicted octanol–water partition coefficient (Wildman–Crippen LogP) is 2.23. The van der Waals surface area contributed by atoms with Gasteiger partial charge < -0.3 is 9.31 Å². The third-order valence-corrected chi connectivity index (χ3v) is 3.62. The normalized spacial score (nSPS) is 29.1. The summed E-state index contributed by atoms with van der Waals surface area (Å²) in [5, 5.41) is 0. The van der Waals surface area contributed by atoms with E-state index in [2.05, 4.69) is 27.7 Å². The van der Waals surface area contributed by atoms with Crippen LogP contribution in [0.2, 0.25) is 0 Å². The Morgan fingerprint density at radius 3 is 2.31 bits per heavy atom. The van der Waals surface area contributed by atoms with Crippen LogP contribution in [0.4, 0.5) is 0 Å². The number of hydrogen-bond donors (Lipinski definition) is 0. The van der Waals surface area contributed by atoms with E-state index in [1.807, 2.05) is 30.3 Å². The molecule has 0 amide bonds. The summed E-state index contributed by atoms with van der Waals surface area (Å²) in [6.45, 7) is 8.55. The minimum Gasteiger partial charge on any atom is -0.404 e. The molecular formula is C13H19BO2.